The highest BCUT2D eigenvalue weighted by molar-refractivity contribution is 5.31. The molecule has 0 atom stereocenters. The van der Waals surface area contributed by atoms with Gasteiger partial charge in [0.1, 0.15) is 0 Å². The fourth-order valence-electron chi connectivity index (χ4n) is 1.57. The van der Waals surface area contributed by atoms with Crippen LogP contribution in [0.15, 0.2) is 12.1 Å². The molecular weight excluding hydrogens is 281 g/mol. The summed E-state index contributed by atoms with van der Waals surface area (Å²) in [6, 6.07) is 2.20. The van der Waals surface area contributed by atoms with Crippen LogP contribution in [-0.2, 0) is 6.54 Å². The van der Waals surface area contributed by atoms with Crippen LogP contribution in [0.5, 0.6) is 5.75 Å². The van der Waals surface area contributed by atoms with Crippen molar-refractivity contribution in [3.05, 3.63) is 29.3 Å². The number of hydrogen-bond acceptors (Lipinski definition) is 2. The molecule has 0 saturated heterocycles. The van der Waals surface area contributed by atoms with Gasteiger partial charge in [-0.15, -0.1) is 0 Å². The third kappa shape index (κ3) is 5.73. The molecule has 7 heteroatoms. The van der Waals surface area contributed by atoms with Gasteiger partial charge in [-0.25, -0.2) is 8.78 Å². The maximum absolute atomic E-state index is 13.6. The number of hydrogen-bond donors (Lipinski definition) is 1. The second-order valence-corrected chi connectivity index (χ2v) is 4.24. The van der Waals surface area contributed by atoms with Gasteiger partial charge in [-0.3, -0.25) is 0 Å². The van der Waals surface area contributed by atoms with Gasteiger partial charge in [-0.2, -0.15) is 13.2 Å². The average Bonchev–Trinajstić information content (AvgIpc) is 2.33. The van der Waals surface area contributed by atoms with Gasteiger partial charge >= 0.3 is 6.18 Å². The van der Waals surface area contributed by atoms with Gasteiger partial charge in [-0.1, -0.05) is 6.92 Å². The van der Waals surface area contributed by atoms with E-state index >= 15 is 0 Å². The molecule has 0 amide bonds. The van der Waals surface area contributed by atoms with Crippen molar-refractivity contribution < 1.29 is 26.7 Å². The maximum atomic E-state index is 13.6. The van der Waals surface area contributed by atoms with Crippen molar-refractivity contribution in [3.63, 3.8) is 0 Å². The smallest absolute Gasteiger partial charge is 0.389 e. The van der Waals surface area contributed by atoms with Crippen LogP contribution in [0.2, 0.25) is 0 Å². The van der Waals surface area contributed by atoms with Gasteiger partial charge in [0.15, 0.2) is 17.4 Å². The number of ether oxygens (including phenoxy) is 1. The highest BCUT2D eigenvalue weighted by Crippen LogP contribution is 2.25. The van der Waals surface area contributed by atoms with Crippen molar-refractivity contribution in [2.75, 3.05) is 13.2 Å². The third-order valence-corrected chi connectivity index (χ3v) is 2.49. The fraction of sp³-hybridized carbons (Fsp3) is 0.538. The molecule has 1 rings (SSSR count). The highest BCUT2D eigenvalue weighted by atomic mass is 19.4. The lowest BCUT2D eigenvalue weighted by atomic mass is 10.2. The molecule has 0 aliphatic carbocycles. The Morgan fingerprint density at radius 1 is 1.15 bits per heavy atom. The van der Waals surface area contributed by atoms with Crippen molar-refractivity contribution in [1.29, 1.82) is 0 Å². The molecule has 1 aromatic carbocycles. The van der Waals surface area contributed by atoms with E-state index in [2.05, 4.69) is 5.32 Å². The molecule has 0 bridgehead atoms. The normalized spacial score (nSPS) is 11.7. The lowest BCUT2D eigenvalue weighted by Gasteiger charge is -2.11. The first-order valence-corrected chi connectivity index (χ1v) is 6.21. The van der Waals surface area contributed by atoms with Crippen molar-refractivity contribution >= 4 is 0 Å². The quantitative estimate of drug-likeness (QED) is 0.610. The lowest BCUT2D eigenvalue weighted by molar-refractivity contribution is -0.136. The Hall–Kier alpha value is -1.37. The molecular formula is C13H16F5NO. The van der Waals surface area contributed by atoms with E-state index in [4.69, 9.17) is 4.74 Å². The topological polar surface area (TPSA) is 21.3 Å². The molecule has 0 radical (unpaired) electrons. The standard InChI is InChI=1S/C13H16F5NO/c1-2-19-8-9-6-10(14)12(11(15)7-9)20-5-3-4-13(16,17)18/h6-7,19H,2-5,8H2,1H3. The fourth-order valence-corrected chi connectivity index (χ4v) is 1.57. The Morgan fingerprint density at radius 2 is 1.75 bits per heavy atom. The number of halogens is 5. The van der Waals surface area contributed by atoms with Crippen molar-refractivity contribution in [1.82, 2.24) is 5.32 Å². The van der Waals surface area contributed by atoms with Gasteiger partial charge < -0.3 is 10.1 Å². The molecule has 1 aromatic rings. The molecule has 0 heterocycles. The monoisotopic (exact) mass is 297 g/mol. The van der Waals surface area contributed by atoms with Crippen molar-refractivity contribution in [3.8, 4) is 5.75 Å². The molecule has 1 N–H and O–H groups in total. The minimum atomic E-state index is -4.30. The summed E-state index contributed by atoms with van der Waals surface area (Å²) in [5.41, 5.74) is 0.407. The maximum Gasteiger partial charge on any atom is 0.389 e. The summed E-state index contributed by atoms with van der Waals surface area (Å²) in [7, 11) is 0. The summed E-state index contributed by atoms with van der Waals surface area (Å²) in [4.78, 5) is 0. The SMILES string of the molecule is CCNCc1cc(F)c(OCCCC(F)(F)F)c(F)c1. The average molecular weight is 297 g/mol. The number of nitrogens with one attached hydrogen (secondary N) is 1. The summed E-state index contributed by atoms with van der Waals surface area (Å²) >= 11 is 0. The molecule has 114 valence electrons. The van der Waals surface area contributed by atoms with Crippen LogP contribution in [0.3, 0.4) is 0 Å². The summed E-state index contributed by atoms with van der Waals surface area (Å²) in [5, 5.41) is 2.91. The molecule has 0 aliphatic heterocycles. The Labute approximate surface area is 113 Å². The Balaban J connectivity index is 2.58. The van der Waals surface area contributed by atoms with E-state index in [-0.39, 0.29) is 13.0 Å². The summed E-state index contributed by atoms with van der Waals surface area (Å²) in [6.07, 6.45) is -5.69. The lowest BCUT2D eigenvalue weighted by Crippen LogP contribution is -2.13. The van der Waals surface area contributed by atoms with Gasteiger partial charge in [0.2, 0.25) is 0 Å². The van der Waals surface area contributed by atoms with E-state index in [0.717, 1.165) is 12.1 Å². The number of alkyl halides is 3. The molecule has 20 heavy (non-hydrogen) atoms. The first kappa shape index (κ1) is 16.7. The Bertz CT molecular complexity index is 410. The first-order valence-electron chi connectivity index (χ1n) is 6.21. The highest BCUT2D eigenvalue weighted by Gasteiger charge is 2.26. The van der Waals surface area contributed by atoms with Crippen LogP contribution < -0.4 is 10.1 Å². The molecule has 2 nitrogen and oxygen atoms in total. The molecule has 0 spiro atoms. The van der Waals surface area contributed by atoms with Crippen LogP contribution >= 0.6 is 0 Å². The Morgan fingerprint density at radius 3 is 2.25 bits per heavy atom. The third-order valence-electron chi connectivity index (χ3n) is 2.49. The molecule has 0 unspecified atom stereocenters. The van der Waals surface area contributed by atoms with Gasteiger partial charge in [-0.05, 0) is 30.7 Å². The zero-order valence-corrected chi connectivity index (χ0v) is 11.0. The second kappa shape index (κ2) is 7.42. The van der Waals surface area contributed by atoms with Crippen molar-refractivity contribution in [2.24, 2.45) is 0 Å². The molecule has 0 aromatic heterocycles. The summed E-state index contributed by atoms with van der Waals surface area (Å²) in [5.74, 6) is -2.46. The van der Waals surface area contributed by atoms with Crippen LogP contribution in [-0.4, -0.2) is 19.3 Å². The minimum absolute atomic E-state index is 0.304. The van der Waals surface area contributed by atoms with Gasteiger partial charge in [0.05, 0.1) is 6.61 Å². The summed E-state index contributed by atoms with van der Waals surface area (Å²) in [6.45, 7) is 2.42. The van der Waals surface area contributed by atoms with Crippen LogP contribution in [0, 0.1) is 11.6 Å². The van der Waals surface area contributed by atoms with E-state index in [1.807, 2.05) is 6.92 Å². The van der Waals surface area contributed by atoms with E-state index < -0.39 is 30.0 Å². The van der Waals surface area contributed by atoms with E-state index in [0.29, 0.717) is 18.7 Å². The van der Waals surface area contributed by atoms with Gasteiger partial charge in [0.25, 0.3) is 0 Å². The zero-order valence-electron chi connectivity index (χ0n) is 11.0. The van der Waals surface area contributed by atoms with Crippen LogP contribution in [0.4, 0.5) is 22.0 Å². The molecule has 0 saturated carbocycles. The largest absolute Gasteiger partial charge is 0.488 e. The van der Waals surface area contributed by atoms with E-state index in [1.165, 1.54) is 0 Å². The van der Waals surface area contributed by atoms with Gasteiger partial charge in [0, 0.05) is 13.0 Å². The molecule has 0 aliphatic rings. The Kier molecular flexibility index (Phi) is 6.19. The van der Waals surface area contributed by atoms with Crippen LogP contribution in [0.25, 0.3) is 0 Å². The summed E-state index contributed by atoms with van der Waals surface area (Å²) < 4.78 is 67.6. The zero-order chi connectivity index (χ0) is 15.2. The minimum Gasteiger partial charge on any atom is -0.488 e. The predicted molar refractivity (Wildman–Crippen MR) is 64.5 cm³/mol. The second-order valence-electron chi connectivity index (χ2n) is 4.24. The predicted octanol–water partition coefficient (Wildman–Crippen LogP) is 3.80. The van der Waals surface area contributed by atoms with E-state index in [1.54, 1.807) is 0 Å². The number of benzene rings is 1. The van der Waals surface area contributed by atoms with Crippen LogP contribution in [0.1, 0.15) is 25.3 Å². The number of rotatable bonds is 7. The van der Waals surface area contributed by atoms with Crippen molar-refractivity contribution in [2.45, 2.75) is 32.5 Å². The van der Waals surface area contributed by atoms with E-state index in [9.17, 15) is 22.0 Å². The molecule has 0 fully saturated rings. The first-order chi connectivity index (χ1) is 9.33.